The van der Waals surface area contributed by atoms with Gasteiger partial charge >= 0.3 is 0 Å². The molecule has 2 N–H and O–H groups in total. The molecule has 1 fully saturated rings. The number of piperidine rings is 1. The van der Waals surface area contributed by atoms with Crippen molar-refractivity contribution in [3.8, 4) is 17.4 Å². The van der Waals surface area contributed by atoms with Crippen molar-refractivity contribution in [3.05, 3.63) is 77.5 Å². The number of ether oxygens (including phenoxy) is 4. The zero-order chi connectivity index (χ0) is 26.3. The number of hydrogen-bond acceptors (Lipinski definition) is 8. The average Bonchev–Trinajstić information content (AvgIpc) is 2.93. The Hall–Kier alpha value is -3.17. The van der Waals surface area contributed by atoms with E-state index in [0.717, 1.165) is 54.4 Å². The Balaban J connectivity index is 1.25. The van der Waals surface area contributed by atoms with Crippen molar-refractivity contribution in [1.29, 1.82) is 0 Å². The second-order valence-electron chi connectivity index (χ2n) is 9.87. The van der Waals surface area contributed by atoms with Crippen LogP contribution in [0.25, 0.3) is 0 Å². The van der Waals surface area contributed by atoms with E-state index in [2.05, 4.69) is 27.3 Å². The lowest BCUT2D eigenvalue weighted by molar-refractivity contribution is -0.0328. The summed E-state index contributed by atoms with van der Waals surface area (Å²) in [6.45, 7) is 6.81. The van der Waals surface area contributed by atoms with Gasteiger partial charge in [-0.05, 0) is 54.8 Å². The molecule has 8 nitrogen and oxygen atoms in total. The molecule has 1 saturated heterocycles. The first kappa shape index (κ1) is 26.4. The lowest BCUT2D eigenvalue weighted by Gasteiger charge is -2.36. The van der Waals surface area contributed by atoms with Crippen molar-refractivity contribution in [1.82, 2.24) is 10.3 Å². The van der Waals surface area contributed by atoms with Crippen LogP contribution in [0.4, 0.5) is 5.69 Å². The number of methoxy groups -OCH3 is 1. The van der Waals surface area contributed by atoms with Gasteiger partial charge in [-0.1, -0.05) is 24.3 Å². The van der Waals surface area contributed by atoms with Crippen LogP contribution in [-0.4, -0.2) is 68.8 Å². The van der Waals surface area contributed by atoms with Crippen LogP contribution in [0.1, 0.15) is 29.2 Å². The van der Waals surface area contributed by atoms with Crippen LogP contribution in [0.15, 0.2) is 60.7 Å². The minimum Gasteiger partial charge on any atom is -0.490 e. The molecule has 202 valence electrons. The largest absolute Gasteiger partial charge is 0.490 e. The normalized spacial score (nSPS) is 21.0. The lowest BCUT2D eigenvalue weighted by atomic mass is 9.85. The topological polar surface area (TPSA) is 85.3 Å². The smallest absolute Gasteiger partial charge is 0.219 e. The molecule has 1 unspecified atom stereocenters. The van der Waals surface area contributed by atoms with Crippen molar-refractivity contribution in [2.24, 2.45) is 0 Å². The third kappa shape index (κ3) is 6.45. The molecule has 0 aliphatic carbocycles. The summed E-state index contributed by atoms with van der Waals surface area (Å²) in [6, 6.07) is 19.8. The predicted molar refractivity (Wildman–Crippen MR) is 146 cm³/mol. The third-order valence-electron chi connectivity index (χ3n) is 7.09. The van der Waals surface area contributed by atoms with Crippen molar-refractivity contribution < 1.29 is 24.1 Å². The van der Waals surface area contributed by atoms with E-state index in [1.807, 2.05) is 55.5 Å². The molecule has 0 saturated carbocycles. The van der Waals surface area contributed by atoms with Gasteiger partial charge < -0.3 is 34.3 Å². The van der Waals surface area contributed by atoms with Gasteiger partial charge in [-0.2, -0.15) is 0 Å². The number of anilines is 1. The Morgan fingerprint density at radius 1 is 1.11 bits per heavy atom. The summed E-state index contributed by atoms with van der Waals surface area (Å²) >= 11 is 0. The van der Waals surface area contributed by atoms with Gasteiger partial charge in [0, 0.05) is 51.0 Å². The molecule has 2 aliphatic rings. The number of aliphatic hydroxyl groups is 1. The van der Waals surface area contributed by atoms with Gasteiger partial charge in [-0.15, -0.1) is 0 Å². The molecular weight excluding hydrogens is 482 g/mol. The molecule has 0 bridgehead atoms. The Bertz CT molecular complexity index is 1190. The van der Waals surface area contributed by atoms with Crippen LogP contribution >= 0.6 is 0 Å². The second kappa shape index (κ2) is 12.6. The molecule has 38 heavy (non-hydrogen) atoms. The van der Waals surface area contributed by atoms with E-state index in [9.17, 15) is 5.11 Å². The van der Waals surface area contributed by atoms with Crippen LogP contribution in [0.2, 0.25) is 0 Å². The van der Waals surface area contributed by atoms with Gasteiger partial charge in [0.25, 0.3) is 0 Å². The standard InChI is InChI=1S/C30H37N3O5/c1-21-5-3-6-29(32-21)38-24-10-8-23(9-11-24)30-26(34)18-31-19-28(30)37-20-22-7-12-27-25(17-22)33(14-16-36-27)13-4-15-35-2/h3,5-12,17,26,28,30-31,34H,4,13-16,18-20H2,1-2H3/t26-,28?,30+/m1/s1. The van der Waals surface area contributed by atoms with Crippen LogP contribution in [0.3, 0.4) is 0 Å². The van der Waals surface area contributed by atoms with E-state index >= 15 is 0 Å². The highest BCUT2D eigenvalue weighted by molar-refractivity contribution is 5.61. The number of rotatable bonds is 10. The number of fused-ring (bicyclic) bond motifs is 1. The maximum atomic E-state index is 10.9. The van der Waals surface area contributed by atoms with E-state index in [1.165, 1.54) is 0 Å². The first-order valence-corrected chi connectivity index (χ1v) is 13.3. The highest BCUT2D eigenvalue weighted by atomic mass is 16.5. The monoisotopic (exact) mass is 519 g/mol. The summed E-state index contributed by atoms with van der Waals surface area (Å²) in [7, 11) is 1.73. The fourth-order valence-electron chi connectivity index (χ4n) is 5.17. The molecule has 2 aliphatic heterocycles. The minimum atomic E-state index is -0.549. The Labute approximate surface area is 224 Å². The maximum Gasteiger partial charge on any atom is 0.219 e. The zero-order valence-electron chi connectivity index (χ0n) is 22.1. The number of β-amino-alcohol motifs (C(OH)–C–C–N with tert-alkyl or cyclic N) is 1. The summed E-state index contributed by atoms with van der Waals surface area (Å²) in [6.07, 6.45) is 0.246. The van der Waals surface area contributed by atoms with Crippen LogP contribution in [-0.2, 0) is 16.1 Å². The quantitative estimate of drug-likeness (QED) is 0.388. The van der Waals surface area contributed by atoms with Gasteiger partial charge in [-0.3, -0.25) is 0 Å². The molecule has 8 heteroatoms. The molecule has 3 atom stereocenters. The number of aliphatic hydroxyl groups excluding tert-OH is 1. The number of nitrogens with one attached hydrogen (secondary N) is 1. The molecule has 0 radical (unpaired) electrons. The number of pyridine rings is 1. The SMILES string of the molecule is COCCCN1CCOc2ccc(COC3CNC[C@@H](O)[C@@H]3c3ccc(Oc4cccc(C)n4)cc3)cc21. The van der Waals surface area contributed by atoms with Crippen LogP contribution in [0.5, 0.6) is 17.4 Å². The van der Waals surface area contributed by atoms with E-state index in [0.29, 0.717) is 37.9 Å². The van der Waals surface area contributed by atoms with Gasteiger partial charge in [0.2, 0.25) is 5.88 Å². The first-order chi connectivity index (χ1) is 18.6. The first-order valence-electron chi connectivity index (χ1n) is 13.3. The van der Waals surface area contributed by atoms with Gasteiger partial charge in [0.1, 0.15) is 18.1 Å². The van der Waals surface area contributed by atoms with Crippen molar-refractivity contribution in [2.45, 2.75) is 38.1 Å². The third-order valence-corrected chi connectivity index (χ3v) is 7.09. The van der Waals surface area contributed by atoms with Crippen LogP contribution in [0, 0.1) is 6.92 Å². The van der Waals surface area contributed by atoms with Gasteiger partial charge in [-0.25, -0.2) is 4.98 Å². The minimum absolute atomic E-state index is 0.145. The van der Waals surface area contributed by atoms with Crippen LogP contribution < -0.4 is 19.7 Å². The van der Waals surface area contributed by atoms with E-state index in [4.69, 9.17) is 18.9 Å². The Morgan fingerprint density at radius 3 is 2.79 bits per heavy atom. The second-order valence-corrected chi connectivity index (χ2v) is 9.87. The number of benzene rings is 2. The molecule has 3 heterocycles. The van der Waals surface area contributed by atoms with Crippen molar-refractivity contribution in [3.63, 3.8) is 0 Å². The molecule has 0 spiro atoms. The molecule has 5 rings (SSSR count). The maximum absolute atomic E-state index is 10.9. The number of nitrogens with zero attached hydrogens (tertiary/aromatic N) is 2. The molecule has 1 aromatic heterocycles. The molecule has 3 aromatic rings. The number of aryl methyl sites for hydroxylation is 1. The fourth-order valence-corrected chi connectivity index (χ4v) is 5.17. The van der Waals surface area contributed by atoms with E-state index in [-0.39, 0.29) is 12.0 Å². The van der Waals surface area contributed by atoms with Crippen molar-refractivity contribution in [2.75, 3.05) is 51.4 Å². The summed E-state index contributed by atoms with van der Waals surface area (Å²) in [4.78, 5) is 6.75. The molecular formula is C30H37N3O5. The molecule has 0 amide bonds. The predicted octanol–water partition coefficient (Wildman–Crippen LogP) is 4.05. The van der Waals surface area contributed by atoms with E-state index < -0.39 is 6.10 Å². The van der Waals surface area contributed by atoms with E-state index in [1.54, 1.807) is 7.11 Å². The Morgan fingerprint density at radius 2 is 1.97 bits per heavy atom. The highest BCUT2D eigenvalue weighted by Gasteiger charge is 2.34. The summed E-state index contributed by atoms with van der Waals surface area (Å²) in [5, 5.41) is 14.2. The highest BCUT2D eigenvalue weighted by Crippen LogP contribution is 2.34. The lowest BCUT2D eigenvalue weighted by Crippen LogP contribution is -2.49. The number of hydrogen-bond donors (Lipinski definition) is 2. The fraction of sp³-hybridized carbons (Fsp3) is 0.433. The Kier molecular flexibility index (Phi) is 8.75. The zero-order valence-corrected chi connectivity index (χ0v) is 22.1. The van der Waals surface area contributed by atoms with Gasteiger partial charge in [0.15, 0.2) is 0 Å². The van der Waals surface area contributed by atoms with Gasteiger partial charge in [0.05, 0.1) is 31.0 Å². The summed E-state index contributed by atoms with van der Waals surface area (Å²) in [5.41, 5.74) is 4.11. The summed E-state index contributed by atoms with van der Waals surface area (Å²) in [5.74, 6) is 2.04. The van der Waals surface area contributed by atoms with Crippen molar-refractivity contribution >= 4 is 5.69 Å². The molecule has 2 aromatic carbocycles. The average molecular weight is 520 g/mol. The number of aromatic nitrogens is 1. The summed E-state index contributed by atoms with van der Waals surface area (Å²) < 4.78 is 23.4.